The summed E-state index contributed by atoms with van der Waals surface area (Å²) in [6.07, 6.45) is 2.14. The molecule has 1 aromatic carbocycles. The van der Waals surface area contributed by atoms with E-state index in [-0.39, 0.29) is 0 Å². The van der Waals surface area contributed by atoms with Crippen molar-refractivity contribution in [3.63, 3.8) is 0 Å². The third-order valence-electron chi connectivity index (χ3n) is 3.03. The minimum absolute atomic E-state index is 0.641. The number of hydrogen-bond acceptors (Lipinski definition) is 1. The van der Waals surface area contributed by atoms with E-state index in [2.05, 4.69) is 26.8 Å². The van der Waals surface area contributed by atoms with E-state index in [0.29, 0.717) is 5.92 Å². The molecule has 1 unspecified atom stereocenters. The molecule has 90 valence electrons. The first-order chi connectivity index (χ1) is 7.65. The summed E-state index contributed by atoms with van der Waals surface area (Å²) in [6.45, 7) is 7.21. The molecule has 1 aromatic rings. The number of aryl methyl sites for hydroxylation is 1. The second kappa shape index (κ2) is 6.80. The average Bonchev–Trinajstić information content (AvgIpc) is 2.25. The van der Waals surface area contributed by atoms with Gasteiger partial charge in [-0.25, -0.2) is 0 Å². The molecule has 0 aliphatic rings. The predicted molar refractivity (Wildman–Crippen MR) is 70.5 cm³/mol. The van der Waals surface area contributed by atoms with Crippen molar-refractivity contribution in [1.82, 2.24) is 0 Å². The summed E-state index contributed by atoms with van der Waals surface area (Å²) in [7, 11) is 0. The Morgan fingerprint density at radius 1 is 1.25 bits per heavy atom. The van der Waals surface area contributed by atoms with Crippen LogP contribution in [0.2, 0.25) is 0 Å². The smallest absolute Gasteiger partial charge is 0.122 e. The molecule has 0 N–H and O–H groups in total. The Bertz CT molecular complexity index is 323. The molecule has 0 bridgehead atoms. The highest BCUT2D eigenvalue weighted by Crippen LogP contribution is 2.21. The van der Waals surface area contributed by atoms with Crippen LogP contribution in [0.1, 0.15) is 30.9 Å². The number of alkyl halides is 1. The van der Waals surface area contributed by atoms with Crippen LogP contribution < -0.4 is 4.74 Å². The topological polar surface area (TPSA) is 9.23 Å². The molecule has 1 nitrogen and oxygen atoms in total. The largest absolute Gasteiger partial charge is 0.493 e. The Labute approximate surface area is 104 Å². The molecule has 1 rings (SSSR count). The van der Waals surface area contributed by atoms with Crippen molar-refractivity contribution in [3.8, 4) is 5.75 Å². The molecule has 0 aliphatic carbocycles. The van der Waals surface area contributed by atoms with Crippen molar-refractivity contribution >= 4 is 11.6 Å². The van der Waals surface area contributed by atoms with Crippen molar-refractivity contribution in [3.05, 3.63) is 29.3 Å². The lowest BCUT2D eigenvalue weighted by molar-refractivity contribution is 0.280. The van der Waals surface area contributed by atoms with Gasteiger partial charge < -0.3 is 4.74 Å². The van der Waals surface area contributed by atoms with Gasteiger partial charge in [-0.2, -0.15) is 0 Å². The van der Waals surface area contributed by atoms with Gasteiger partial charge in [-0.05, 0) is 49.8 Å². The van der Waals surface area contributed by atoms with Crippen LogP contribution in [0.25, 0.3) is 0 Å². The minimum atomic E-state index is 0.641. The Kier molecular flexibility index (Phi) is 5.68. The Balaban J connectivity index is 2.40. The number of hydrogen-bond donors (Lipinski definition) is 0. The van der Waals surface area contributed by atoms with Crippen molar-refractivity contribution in [2.24, 2.45) is 5.92 Å². The number of halogens is 1. The zero-order chi connectivity index (χ0) is 12.0. The molecule has 1 atom stereocenters. The summed E-state index contributed by atoms with van der Waals surface area (Å²) >= 11 is 5.70. The molecule has 0 amide bonds. The molecule has 0 aromatic heterocycles. The molecule has 0 heterocycles. The monoisotopic (exact) mass is 240 g/mol. The molecular weight excluding hydrogens is 220 g/mol. The number of benzene rings is 1. The van der Waals surface area contributed by atoms with E-state index in [4.69, 9.17) is 16.3 Å². The van der Waals surface area contributed by atoms with Crippen LogP contribution in [-0.2, 0) is 0 Å². The van der Waals surface area contributed by atoms with E-state index in [9.17, 15) is 0 Å². The molecule has 0 fully saturated rings. The standard InChI is InChI=1S/C14H21ClO/c1-11(7-9-15)8-10-16-14-6-4-5-12(2)13(14)3/h4-6,11H,7-10H2,1-3H3. The highest BCUT2D eigenvalue weighted by molar-refractivity contribution is 6.17. The summed E-state index contributed by atoms with van der Waals surface area (Å²) in [5.41, 5.74) is 2.53. The Morgan fingerprint density at radius 3 is 2.69 bits per heavy atom. The molecule has 2 heteroatoms. The second-order valence-corrected chi connectivity index (χ2v) is 4.80. The molecule has 16 heavy (non-hydrogen) atoms. The highest BCUT2D eigenvalue weighted by Gasteiger charge is 2.04. The Hall–Kier alpha value is -0.690. The van der Waals surface area contributed by atoms with Gasteiger partial charge in [0.05, 0.1) is 6.61 Å². The van der Waals surface area contributed by atoms with Crippen LogP contribution >= 0.6 is 11.6 Å². The van der Waals surface area contributed by atoms with E-state index in [0.717, 1.165) is 31.1 Å². The van der Waals surface area contributed by atoms with Crippen LogP contribution in [0.3, 0.4) is 0 Å². The molecule has 0 saturated heterocycles. The van der Waals surface area contributed by atoms with Crippen molar-refractivity contribution in [1.29, 1.82) is 0 Å². The molecule has 0 saturated carbocycles. The quantitative estimate of drug-likeness (QED) is 0.673. The van der Waals surface area contributed by atoms with E-state index >= 15 is 0 Å². The second-order valence-electron chi connectivity index (χ2n) is 4.42. The SMILES string of the molecule is Cc1cccc(OCCC(C)CCCl)c1C. The first-order valence-electron chi connectivity index (χ1n) is 5.90. The van der Waals surface area contributed by atoms with Gasteiger partial charge in [0.15, 0.2) is 0 Å². The first kappa shape index (κ1) is 13.4. The lowest BCUT2D eigenvalue weighted by atomic mass is 10.1. The third-order valence-corrected chi connectivity index (χ3v) is 3.24. The minimum Gasteiger partial charge on any atom is -0.493 e. The van der Waals surface area contributed by atoms with Crippen LogP contribution in [0.5, 0.6) is 5.75 Å². The normalized spacial score (nSPS) is 12.5. The lowest BCUT2D eigenvalue weighted by Crippen LogP contribution is -2.05. The van der Waals surface area contributed by atoms with Crippen LogP contribution in [-0.4, -0.2) is 12.5 Å². The third kappa shape index (κ3) is 4.05. The van der Waals surface area contributed by atoms with E-state index in [1.807, 2.05) is 12.1 Å². The van der Waals surface area contributed by atoms with Crippen LogP contribution in [0.15, 0.2) is 18.2 Å². The zero-order valence-electron chi connectivity index (χ0n) is 10.4. The highest BCUT2D eigenvalue weighted by atomic mass is 35.5. The predicted octanol–water partition coefficient (Wildman–Crippen LogP) is 4.34. The van der Waals surface area contributed by atoms with Gasteiger partial charge in [0.25, 0.3) is 0 Å². The van der Waals surface area contributed by atoms with Gasteiger partial charge in [-0.3, -0.25) is 0 Å². The van der Waals surface area contributed by atoms with Gasteiger partial charge >= 0.3 is 0 Å². The van der Waals surface area contributed by atoms with Crippen LogP contribution in [0, 0.1) is 19.8 Å². The van der Waals surface area contributed by atoms with E-state index in [1.165, 1.54) is 11.1 Å². The molecule has 0 radical (unpaired) electrons. The van der Waals surface area contributed by atoms with E-state index in [1.54, 1.807) is 0 Å². The Morgan fingerprint density at radius 2 is 2.00 bits per heavy atom. The van der Waals surface area contributed by atoms with Crippen molar-refractivity contribution < 1.29 is 4.74 Å². The van der Waals surface area contributed by atoms with Gasteiger partial charge in [0, 0.05) is 5.88 Å². The average molecular weight is 241 g/mol. The van der Waals surface area contributed by atoms with Crippen molar-refractivity contribution in [2.75, 3.05) is 12.5 Å². The fourth-order valence-corrected chi connectivity index (χ4v) is 1.95. The molecular formula is C14H21ClO. The summed E-state index contributed by atoms with van der Waals surface area (Å²) in [5.74, 6) is 2.39. The molecule has 0 aliphatic heterocycles. The van der Waals surface area contributed by atoms with Gasteiger partial charge in [0.1, 0.15) is 5.75 Å². The summed E-state index contributed by atoms with van der Waals surface area (Å²) in [5, 5.41) is 0. The number of ether oxygens (including phenoxy) is 1. The maximum absolute atomic E-state index is 5.79. The lowest BCUT2D eigenvalue weighted by Gasteiger charge is -2.13. The maximum Gasteiger partial charge on any atom is 0.122 e. The molecule has 0 spiro atoms. The summed E-state index contributed by atoms with van der Waals surface area (Å²) in [6, 6.07) is 6.19. The van der Waals surface area contributed by atoms with Crippen molar-refractivity contribution in [2.45, 2.75) is 33.6 Å². The van der Waals surface area contributed by atoms with Gasteiger partial charge in [-0.15, -0.1) is 11.6 Å². The van der Waals surface area contributed by atoms with E-state index < -0.39 is 0 Å². The first-order valence-corrected chi connectivity index (χ1v) is 6.43. The summed E-state index contributed by atoms with van der Waals surface area (Å²) < 4.78 is 5.79. The maximum atomic E-state index is 5.79. The van der Waals surface area contributed by atoms with Gasteiger partial charge in [-0.1, -0.05) is 19.1 Å². The van der Waals surface area contributed by atoms with Crippen LogP contribution in [0.4, 0.5) is 0 Å². The fraction of sp³-hybridized carbons (Fsp3) is 0.571. The van der Waals surface area contributed by atoms with Gasteiger partial charge in [0.2, 0.25) is 0 Å². The number of rotatable bonds is 6. The summed E-state index contributed by atoms with van der Waals surface area (Å²) in [4.78, 5) is 0. The zero-order valence-corrected chi connectivity index (χ0v) is 11.2. The fourth-order valence-electron chi connectivity index (χ4n) is 1.58.